The summed E-state index contributed by atoms with van der Waals surface area (Å²) >= 11 is 0. The van der Waals surface area contributed by atoms with Gasteiger partial charge >= 0.3 is 0 Å². The highest BCUT2D eigenvalue weighted by Crippen LogP contribution is 2.40. The SMILES string of the molecule is CC(C)c1nc(-c2ccc(C(C)C)c3ccccc23)c2c(n1)c1c3ccccc3ccc1n2C. The average molecular weight is 444 g/mol. The molecule has 168 valence electrons. The van der Waals surface area contributed by atoms with E-state index < -0.39 is 0 Å². The highest BCUT2D eigenvalue weighted by atomic mass is 15.0. The van der Waals surface area contributed by atoms with Crippen LogP contribution in [0.3, 0.4) is 0 Å². The van der Waals surface area contributed by atoms with Gasteiger partial charge in [-0.25, -0.2) is 9.97 Å². The van der Waals surface area contributed by atoms with E-state index in [0.717, 1.165) is 22.6 Å². The summed E-state index contributed by atoms with van der Waals surface area (Å²) in [7, 11) is 2.14. The minimum atomic E-state index is 0.231. The number of nitrogens with zero attached hydrogens (tertiary/aromatic N) is 3. The second-order valence-corrected chi connectivity index (χ2v) is 9.92. The molecule has 0 amide bonds. The highest BCUT2D eigenvalue weighted by molar-refractivity contribution is 6.21. The lowest BCUT2D eigenvalue weighted by Gasteiger charge is -2.16. The van der Waals surface area contributed by atoms with Crippen molar-refractivity contribution in [2.24, 2.45) is 7.05 Å². The lowest BCUT2D eigenvalue weighted by Crippen LogP contribution is -2.02. The molecule has 0 N–H and O–H groups in total. The van der Waals surface area contributed by atoms with Crippen LogP contribution in [-0.4, -0.2) is 14.5 Å². The summed E-state index contributed by atoms with van der Waals surface area (Å²) in [5.41, 5.74) is 6.88. The third kappa shape index (κ3) is 2.96. The van der Waals surface area contributed by atoms with Gasteiger partial charge in [-0.05, 0) is 39.1 Å². The van der Waals surface area contributed by atoms with Crippen molar-refractivity contribution >= 4 is 43.5 Å². The van der Waals surface area contributed by atoms with Gasteiger partial charge < -0.3 is 4.57 Å². The van der Waals surface area contributed by atoms with Gasteiger partial charge in [0.2, 0.25) is 0 Å². The summed E-state index contributed by atoms with van der Waals surface area (Å²) in [6, 6.07) is 26.3. The molecule has 0 spiro atoms. The Balaban J connectivity index is 1.81. The fourth-order valence-corrected chi connectivity index (χ4v) is 5.35. The Morgan fingerprint density at radius 3 is 2.12 bits per heavy atom. The monoisotopic (exact) mass is 443 g/mol. The van der Waals surface area contributed by atoms with Crippen LogP contribution in [0.4, 0.5) is 0 Å². The van der Waals surface area contributed by atoms with Gasteiger partial charge in [-0.2, -0.15) is 0 Å². The van der Waals surface area contributed by atoms with Crippen LogP contribution in [0.1, 0.15) is 50.9 Å². The minimum Gasteiger partial charge on any atom is -0.340 e. The normalized spacial score (nSPS) is 12.2. The molecule has 0 aliphatic heterocycles. The molecule has 2 aromatic heterocycles. The topological polar surface area (TPSA) is 30.7 Å². The van der Waals surface area contributed by atoms with Crippen molar-refractivity contribution in [3.63, 3.8) is 0 Å². The van der Waals surface area contributed by atoms with Crippen LogP contribution in [0, 0.1) is 0 Å². The summed E-state index contributed by atoms with van der Waals surface area (Å²) < 4.78 is 2.28. The van der Waals surface area contributed by atoms with Crippen molar-refractivity contribution in [1.29, 1.82) is 0 Å². The molecule has 2 heterocycles. The standard InChI is InChI=1S/C31H29N3/c1-18(2)21-15-16-25(24-13-9-8-12-23(21)24)28-30-29(33-31(32-28)19(3)4)27-22-11-7-6-10-20(22)14-17-26(27)34(30)5/h6-19H,1-5H3. The molecule has 0 bridgehead atoms. The molecule has 0 aliphatic carbocycles. The maximum atomic E-state index is 5.20. The van der Waals surface area contributed by atoms with E-state index in [4.69, 9.17) is 9.97 Å². The molecule has 0 atom stereocenters. The summed E-state index contributed by atoms with van der Waals surface area (Å²) in [6.45, 7) is 8.87. The summed E-state index contributed by atoms with van der Waals surface area (Å²) in [5.74, 6) is 1.58. The Hall–Kier alpha value is -3.72. The highest BCUT2D eigenvalue weighted by Gasteiger charge is 2.22. The lowest BCUT2D eigenvalue weighted by molar-refractivity contribution is 0.784. The molecular weight excluding hydrogens is 414 g/mol. The van der Waals surface area contributed by atoms with Crippen molar-refractivity contribution in [1.82, 2.24) is 14.5 Å². The second-order valence-electron chi connectivity index (χ2n) is 9.92. The van der Waals surface area contributed by atoms with Crippen molar-refractivity contribution in [3.05, 3.63) is 84.2 Å². The van der Waals surface area contributed by atoms with Crippen molar-refractivity contribution < 1.29 is 0 Å². The number of rotatable bonds is 3. The Morgan fingerprint density at radius 2 is 1.38 bits per heavy atom. The summed E-state index contributed by atoms with van der Waals surface area (Å²) in [6.07, 6.45) is 0. The molecule has 0 saturated heterocycles. The zero-order chi connectivity index (χ0) is 23.6. The molecule has 6 aromatic rings. The zero-order valence-corrected chi connectivity index (χ0v) is 20.4. The largest absolute Gasteiger partial charge is 0.340 e. The molecular formula is C31H29N3. The first-order valence-corrected chi connectivity index (χ1v) is 12.2. The van der Waals surface area contributed by atoms with E-state index in [2.05, 4.69) is 112 Å². The predicted octanol–water partition coefficient (Wildman–Crippen LogP) is 8.34. The summed E-state index contributed by atoms with van der Waals surface area (Å²) in [5, 5.41) is 6.24. The molecule has 0 unspecified atom stereocenters. The van der Waals surface area contributed by atoms with E-state index >= 15 is 0 Å². The van der Waals surface area contributed by atoms with Gasteiger partial charge in [0.05, 0.1) is 16.7 Å². The maximum Gasteiger partial charge on any atom is 0.132 e. The molecule has 3 nitrogen and oxygen atoms in total. The minimum absolute atomic E-state index is 0.231. The van der Waals surface area contributed by atoms with Crippen LogP contribution >= 0.6 is 0 Å². The number of aryl methyl sites for hydroxylation is 1. The van der Waals surface area contributed by atoms with Gasteiger partial charge in [0, 0.05) is 23.9 Å². The maximum absolute atomic E-state index is 5.20. The quantitative estimate of drug-likeness (QED) is 0.275. The zero-order valence-electron chi connectivity index (χ0n) is 20.4. The van der Waals surface area contributed by atoms with Crippen LogP contribution in [0.25, 0.3) is 54.7 Å². The fourth-order valence-electron chi connectivity index (χ4n) is 5.35. The molecule has 6 rings (SSSR count). The van der Waals surface area contributed by atoms with Crippen LogP contribution in [-0.2, 0) is 7.05 Å². The van der Waals surface area contributed by atoms with E-state index in [-0.39, 0.29) is 5.92 Å². The van der Waals surface area contributed by atoms with E-state index in [1.807, 2.05) is 0 Å². The number of benzene rings is 4. The van der Waals surface area contributed by atoms with Crippen molar-refractivity contribution in [3.8, 4) is 11.3 Å². The van der Waals surface area contributed by atoms with Gasteiger partial charge in [-0.3, -0.25) is 0 Å². The van der Waals surface area contributed by atoms with Crippen LogP contribution in [0.2, 0.25) is 0 Å². The first-order valence-electron chi connectivity index (χ1n) is 12.2. The van der Waals surface area contributed by atoms with Crippen molar-refractivity contribution in [2.75, 3.05) is 0 Å². The molecule has 4 aromatic carbocycles. The van der Waals surface area contributed by atoms with E-state index in [1.165, 1.54) is 43.6 Å². The fraction of sp³-hybridized carbons (Fsp3) is 0.226. The van der Waals surface area contributed by atoms with Crippen LogP contribution < -0.4 is 0 Å². The van der Waals surface area contributed by atoms with Crippen LogP contribution in [0.5, 0.6) is 0 Å². The van der Waals surface area contributed by atoms with Crippen LogP contribution in [0.15, 0.2) is 72.8 Å². The molecule has 3 heteroatoms. The lowest BCUT2D eigenvalue weighted by atomic mass is 9.92. The average Bonchev–Trinajstić information content (AvgIpc) is 3.15. The van der Waals surface area contributed by atoms with Gasteiger partial charge in [0.1, 0.15) is 11.3 Å². The number of hydrogen-bond acceptors (Lipinski definition) is 2. The molecule has 0 fully saturated rings. The van der Waals surface area contributed by atoms with Crippen molar-refractivity contribution in [2.45, 2.75) is 39.5 Å². The molecule has 0 radical (unpaired) electrons. The van der Waals surface area contributed by atoms with Gasteiger partial charge in [0.25, 0.3) is 0 Å². The Morgan fingerprint density at radius 1 is 0.676 bits per heavy atom. The first-order chi connectivity index (χ1) is 16.5. The van der Waals surface area contributed by atoms with Gasteiger partial charge in [-0.1, -0.05) is 94.4 Å². The van der Waals surface area contributed by atoms with E-state index in [9.17, 15) is 0 Å². The molecule has 34 heavy (non-hydrogen) atoms. The number of hydrogen-bond donors (Lipinski definition) is 0. The Labute approximate surface area is 200 Å². The Kier molecular flexibility index (Phi) is 4.70. The predicted molar refractivity (Wildman–Crippen MR) is 145 cm³/mol. The molecule has 0 aliphatic rings. The second kappa shape index (κ2) is 7.66. The Bertz CT molecular complexity index is 1720. The summed E-state index contributed by atoms with van der Waals surface area (Å²) in [4.78, 5) is 10.4. The van der Waals surface area contributed by atoms with E-state index in [1.54, 1.807) is 0 Å². The third-order valence-corrected chi connectivity index (χ3v) is 7.09. The smallest absolute Gasteiger partial charge is 0.132 e. The number of aromatic nitrogens is 3. The molecule has 0 saturated carbocycles. The first kappa shape index (κ1) is 20.9. The third-order valence-electron chi connectivity index (χ3n) is 7.09. The van der Waals surface area contributed by atoms with Gasteiger partial charge in [0.15, 0.2) is 0 Å². The van der Waals surface area contributed by atoms with Gasteiger partial charge in [-0.15, -0.1) is 0 Å². The van der Waals surface area contributed by atoms with E-state index in [0.29, 0.717) is 5.92 Å². The number of fused-ring (bicyclic) bond motifs is 6.